The van der Waals surface area contributed by atoms with Gasteiger partial charge < -0.3 is 14.7 Å². The van der Waals surface area contributed by atoms with Crippen LogP contribution in [-0.4, -0.2) is 40.7 Å². The number of benzene rings is 2. The molecule has 0 spiro atoms. The van der Waals surface area contributed by atoms with Crippen molar-refractivity contribution in [1.82, 2.24) is 0 Å². The minimum Gasteiger partial charge on any atom is -0.497 e. The topological polar surface area (TPSA) is 95.9 Å². The van der Waals surface area contributed by atoms with Crippen molar-refractivity contribution in [1.29, 1.82) is 0 Å². The molecule has 0 unspecified atom stereocenters. The van der Waals surface area contributed by atoms with Crippen molar-refractivity contribution in [2.75, 3.05) is 30.8 Å². The van der Waals surface area contributed by atoms with E-state index in [9.17, 15) is 18.3 Å². The van der Waals surface area contributed by atoms with Crippen molar-refractivity contribution < 1.29 is 23.1 Å². The van der Waals surface area contributed by atoms with E-state index in [-0.39, 0.29) is 16.1 Å². The number of carbonyl (C=O) groups is 1. The van der Waals surface area contributed by atoms with Crippen molar-refractivity contribution in [2.45, 2.75) is 4.90 Å². The van der Waals surface area contributed by atoms with Crippen LogP contribution >= 0.6 is 0 Å². The highest BCUT2D eigenvalue weighted by Crippen LogP contribution is 2.25. The number of carboxylic acids is 1. The van der Waals surface area contributed by atoms with Crippen LogP contribution in [0.1, 0.15) is 10.4 Å². The number of hydrogen-bond acceptors (Lipinski definition) is 5. The summed E-state index contributed by atoms with van der Waals surface area (Å²) in [4.78, 5) is 13.1. The fourth-order valence-corrected chi connectivity index (χ4v) is 3.18. The molecular weight excluding hydrogens is 332 g/mol. The maximum atomic E-state index is 12.4. The fourth-order valence-electron chi connectivity index (χ4n) is 2.13. The second-order valence-electron chi connectivity index (χ2n) is 5.21. The van der Waals surface area contributed by atoms with Gasteiger partial charge >= 0.3 is 5.97 Å². The van der Waals surface area contributed by atoms with Crippen LogP contribution in [0.5, 0.6) is 5.75 Å². The number of ether oxygens (including phenoxy) is 1. The van der Waals surface area contributed by atoms with Crippen LogP contribution in [0.15, 0.2) is 47.4 Å². The lowest BCUT2D eigenvalue weighted by molar-refractivity contribution is 0.0697. The standard InChI is InChI=1S/C16H18N2O5S/c1-18(2)15-9-4-11(10-14(15)16(19)20)17-24(21,22)13-7-5-12(23-3)6-8-13/h4-10,17H,1-3H3,(H,19,20). The molecule has 8 heteroatoms. The zero-order valence-corrected chi connectivity index (χ0v) is 14.3. The lowest BCUT2D eigenvalue weighted by Gasteiger charge is -2.17. The van der Waals surface area contributed by atoms with Gasteiger partial charge in [-0.1, -0.05) is 0 Å². The van der Waals surface area contributed by atoms with Crippen LogP contribution in [0.3, 0.4) is 0 Å². The molecular formula is C16H18N2O5S. The van der Waals surface area contributed by atoms with Crippen LogP contribution in [0.4, 0.5) is 11.4 Å². The molecule has 7 nitrogen and oxygen atoms in total. The van der Waals surface area contributed by atoms with Gasteiger partial charge in [0.05, 0.1) is 23.3 Å². The SMILES string of the molecule is COc1ccc(S(=O)(=O)Nc2ccc(N(C)C)c(C(=O)O)c2)cc1. The van der Waals surface area contributed by atoms with E-state index in [1.54, 1.807) is 25.1 Å². The second kappa shape index (κ2) is 6.79. The molecule has 2 N–H and O–H groups in total. The van der Waals surface area contributed by atoms with E-state index in [1.165, 1.54) is 43.5 Å². The molecule has 0 amide bonds. The summed E-state index contributed by atoms with van der Waals surface area (Å²) in [5.41, 5.74) is 0.665. The molecule has 24 heavy (non-hydrogen) atoms. The van der Waals surface area contributed by atoms with E-state index >= 15 is 0 Å². The van der Waals surface area contributed by atoms with Gasteiger partial charge in [-0.05, 0) is 42.5 Å². The first-order valence-electron chi connectivity index (χ1n) is 6.96. The second-order valence-corrected chi connectivity index (χ2v) is 6.89. The molecule has 0 saturated heterocycles. The van der Waals surface area contributed by atoms with Gasteiger partial charge in [0.2, 0.25) is 0 Å². The third-order valence-corrected chi connectivity index (χ3v) is 4.73. The summed E-state index contributed by atoms with van der Waals surface area (Å²) in [7, 11) is 1.08. The number of sulfonamides is 1. The van der Waals surface area contributed by atoms with Gasteiger partial charge in [-0.2, -0.15) is 0 Å². The Bertz CT molecular complexity index is 845. The monoisotopic (exact) mass is 350 g/mol. The van der Waals surface area contributed by atoms with Crippen LogP contribution in [0.2, 0.25) is 0 Å². The number of nitrogens with one attached hydrogen (secondary N) is 1. The molecule has 0 fully saturated rings. The van der Waals surface area contributed by atoms with Gasteiger partial charge in [0.25, 0.3) is 10.0 Å². The first kappa shape index (κ1) is 17.6. The van der Waals surface area contributed by atoms with E-state index in [1.807, 2.05) is 0 Å². The van der Waals surface area contributed by atoms with Crippen LogP contribution in [0.25, 0.3) is 0 Å². The zero-order valence-electron chi connectivity index (χ0n) is 13.5. The Balaban J connectivity index is 2.35. The first-order valence-corrected chi connectivity index (χ1v) is 8.44. The normalized spacial score (nSPS) is 11.0. The number of nitrogens with zero attached hydrogens (tertiary/aromatic N) is 1. The number of rotatable bonds is 6. The average molecular weight is 350 g/mol. The number of methoxy groups -OCH3 is 1. The van der Waals surface area contributed by atoms with Gasteiger partial charge in [0.1, 0.15) is 5.75 Å². The number of hydrogen-bond donors (Lipinski definition) is 2. The summed E-state index contributed by atoms with van der Waals surface area (Å²) in [6.45, 7) is 0. The van der Waals surface area contributed by atoms with Crippen molar-refractivity contribution >= 4 is 27.4 Å². The highest BCUT2D eigenvalue weighted by Gasteiger charge is 2.17. The Labute approximate surface area is 140 Å². The Hall–Kier alpha value is -2.74. The number of carboxylic acid groups (broad SMARTS) is 1. The van der Waals surface area contributed by atoms with Gasteiger partial charge in [0, 0.05) is 19.8 Å². The predicted molar refractivity (Wildman–Crippen MR) is 91.5 cm³/mol. The maximum absolute atomic E-state index is 12.4. The average Bonchev–Trinajstić information content (AvgIpc) is 2.54. The minimum absolute atomic E-state index is 0.00920. The molecule has 0 atom stereocenters. The molecule has 2 rings (SSSR count). The molecule has 0 heterocycles. The first-order chi connectivity index (χ1) is 11.2. The maximum Gasteiger partial charge on any atom is 0.337 e. The number of anilines is 2. The van der Waals surface area contributed by atoms with Gasteiger partial charge in [0.15, 0.2) is 0 Å². The fraction of sp³-hybridized carbons (Fsp3) is 0.188. The molecule has 0 aliphatic rings. The van der Waals surface area contributed by atoms with E-state index < -0.39 is 16.0 Å². The summed E-state index contributed by atoms with van der Waals surface area (Å²) >= 11 is 0. The van der Waals surface area contributed by atoms with Crippen molar-refractivity contribution in [3.05, 3.63) is 48.0 Å². The molecule has 0 aliphatic carbocycles. The Morgan fingerprint density at radius 2 is 1.75 bits per heavy atom. The summed E-state index contributed by atoms with van der Waals surface area (Å²) in [6, 6.07) is 10.2. The number of aromatic carboxylic acids is 1. The van der Waals surface area contributed by atoms with Gasteiger partial charge in [-0.25, -0.2) is 13.2 Å². The van der Waals surface area contributed by atoms with Crippen LogP contribution in [0, 0.1) is 0 Å². The largest absolute Gasteiger partial charge is 0.497 e. The summed E-state index contributed by atoms with van der Waals surface area (Å²) < 4.78 is 32.2. The molecule has 128 valence electrons. The quantitative estimate of drug-likeness (QED) is 0.830. The van der Waals surface area contributed by atoms with Crippen molar-refractivity contribution in [2.24, 2.45) is 0 Å². The Kier molecular flexibility index (Phi) is 4.99. The molecule has 0 saturated carbocycles. The smallest absolute Gasteiger partial charge is 0.337 e. The third-order valence-electron chi connectivity index (χ3n) is 3.33. The minimum atomic E-state index is -3.83. The van der Waals surface area contributed by atoms with Crippen molar-refractivity contribution in [3.8, 4) is 5.75 Å². The highest BCUT2D eigenvalue weighted by molar-refractivity contribution is 7.92. The van der Waals surface area contributed by atoms with E-state index in [4.69, 9.17) is 4.74 Å². The summed E-state index contributed by atoms with van der Waals surface area (Å²) in [6.07, 6.45) is 0. The summed E-state index contributed by atoms with van der Waals surface area (Å²) in [5.74, 6) is -0.596. The van der Waals surface area contributed by atoms with Crippen LogP contribution < -0.4 is 14.4 Å². The highest BCUT2D eigenvalue weighted by atomic mass is 32.2. The molecule has 2 aromatic rings. The predicted octanol–water partition coefficient (Wildman–Crippen LogP) is 2.26. The molecule has 0 bridgehead atoms. The third kappa shape index (κ3) is 3.77. The van der Waals surface area contributed by atoms with E-state index in [0.29, 0.717) is 11.4 Å². The lowest BCUT2D eigenvalue weighted by atomic mass is 10.1. The van der Waals surface area contributed by atoms with E-state index in [2.05, 4.69) is 4.72 Å². The van der Waals surface area contributed by atoms with Crippen LogP contribution in [-0.2, 0) is 10.0 Å². The lowest BCUT2D eigenvalue weighted by Crippen LogP contribution is -2.16. The van der Waals surface area contributed by atoms with Gasteiger partial charge in [-0.3, -0.25) is 4.72 Å². The Morgan fingerprint density at radius 1 is 1.12 bits per heavy atom. The molecule has 0 aromatic heterocycles. The van der Waals surface area contributed by atoms with Crippen molar-refractivity contribution in [3.63, 3.8) is 0 Å². The van der Waals surface area contributed by atoms with E-state index in [0.717, 1.165) is 0 Å². The van der Waals surface area contributed by atoms with Gasteiger partial charge in [-0.15, -0.1) is 0 Å². The molecule has 0 aliphatic heterocycles. The Morgan fingerprint density at radius 3 is 2.25 bits per heavy atom. The zero-order chi connectivity index (χ0) is 17.9. The summed E-state index contributed by atoms with van der Waals surface area (Å²) in [5, 5.41) is 9.29. The molecule has 2 aromatic carbocycles. The molecule has 0 radical (unpaired) electrons.